The third-order valence-corrected chi connectivity index (χ3v) is 5.50. The van der Waals surface area contributed by atoms with Crippen molar-refractivity contribution in [3.8, 4) is 0 Å². The molecule has 4 heterocycles. The largest absolute Gasteiger partial charge is 0.342 e. The topological polar surface area (TPSA) is 88.3 Å². The molecule has 1 aliphatic rings. The number of nitrogens with zero attached hydrogens (tertiary/aromatic N) is 5. The van der Waals surface area contributed by atoms with Gasteiger partial charge in [-0.25, -0.2) is 9.50 Å². The van der Waals surface area contributed by atoms with Crippen molar-refractivity contribution in [2.24, 2.45) is 5.92 Å². The van der Waals surface area contributed by atoms with Gasteiger partial charge in [0.1, 0.15) is 0 Å². The van der Waals surface area contributed by atoms with Crippen LogP contribution in [0.15, 0.2) is 29.3 Å². The summed E-state index contributed by atoms with van der Waals surface area (Å²) in [5, 5.41) is 7.01. The highest BCUT2D eigenvalue weighted by molar-refractivity contribution is 5.79. The Balaban J connectivity index is 1.42. The smallest absolute Gasteiger partial charge is 0.266 e. The average Bonchev–Trinajstić information content (AvgIpc) is 3.28. The van der Waals surface area contributed by atoms with E-state index in [2.05, 4.69) is 15.2 Å². The highest BCUT2D eigenvalue weighted by atomic mass is 16.2. The van der Waals surface area contributed by atoms with Gasteiger partial charge in [-0.05, 0) is 38.7 Å². The summed E-state index contributed by atoms with van der Waals surface area (Å²) in [6, 6.07) is 3.40. The summed E-state index contributed by atoms with van der Waals surface area (Å²) in [5.74, 6) is 0.676. The molecule has 0 saturated carbocycles. The van der Waals surface area contributed by atoms with E-state index in [1.54, 1.807) is 10.7 Å². The van der Waals surface area contributed by atoms with Crippen LogP contribution in [0.25, 0.3) is 5.65 Å². The van der Waals surface area contributed by atoms with Crippen molar-refractivity contribution < 1.29 is 4.79 Å². The van der Waals surface area contributed by atoms with Crippen LogP contribution >= 0.6 is 0 Å². The molecule has 1 saturated heterocycles. The average molecular weight is 368 g/mol. The molecule has 8 heteroatoms. The molecule has 1 amide bonds. The minimum Gasteiger partial charge on any atom is -0.342 e. The molecule has 0 unspecified atom stereocenters. The molecule has 0 atom stereocenters. The number of hydrogen-bond donors (Lipinski definition) is 1. The number of rotatable bonds is 4. The number of fused-ring (bicyclic) bond motifs is 1. The summed E-state index contributed by atoms with van der Waals surface area (Å²) in [6.45, 7) is 6.27. The Kier molecular flexibility index (Phi) is 4.55. The first kappa shape index (κ1) is 17.5. The number of aromatic nitrogens is 5. The molecular formula is C19H24N6O2. The molecule has 0 bridgehead atoms. The minimum atomic E-state index is -0.187. The maximum absolute atomic E-state index is 12.8. The fraction of sp³-hybridized carbons (Fsp3) is 0.474. The normalized spacial score (nSPS) is 15.6. The van der Waals surface area contributed by atoms with Crippen molar-refractivity contribution in [1.29, 1.82) is 0 Å². The lowest BCUT2D eigenvalue weighted by atomic mass is 9.96. The Bertz CT molecular complexity index is 1010. The summed E-state index contributed by atoms with van der Waals surface area (Å²) < 4.78 is 3.63. The standard InChI is InChI=1S/C19H24N6O2/c1-13-16(14(2)25-17(21-13)11-18(26)22-25)10-19(27)23-8-4-15(5-9-23)12-24-7-3-6-20-24/h3,6-7,11,15H,4-5,8-10,12H2,1-2H3,(H,22,26). The van der Waals surface area contributed by atoms with Crippen molar-refractivity contribution in [3.63, 3.8) is 0 Å². The van der Waals surface area contributed by atoms with Crippen molar-refractivity contribution >= 4 is 11.6 Å². The van der Waals surface area contributed by atoms with Gasteiger partial charge in [-0.3, -0.25) is 19.4 Å². The van der Waals surface area contributed by atoms with Crippen LogP contribution in [0.1, 0.15) is 29.8 Å². The second-order valence-electron chi connectivity index (χ2n) is 7.30. The molecule has 3 aromatic rings. The van der Waals surface area contributed by atoms with Gasteiger partial charge in [-0.2, -0.15) is 5.10 Å². The quantitative estimate of drug-likeness (QED) is 0.752. The van der Waals surface area contributed by atoms with E-state index in [1.807, 2.05) is 35.7 Å². The van der Waals surface area contributed by atoms with Crippen LogP contribution < -0.4 is 5.56 Å². The maximum Gasteiger partial charge on any atom is 0.266 e. The number of hydrogen-bond acceptors (Lipinski definition) is 4. The lowest BCUT2D eigenvalue weighted by Crippen LogP contribution is -2.40. The van der Waals surface area contributed by atoms with Gasteiger partial charge in [0.25, 0.3) is 5.56 Å². The van der Waals surface area contributed by atoms with Gasteiger partial charge in [0.05, 0.1) is 6.42 Å². The highest BCUT2D eigenvalue weighted by Crippen LogP contribution is 2.21. The molecule has 1 N–H and O–H groups in total. The molecule has 1 aliphatic heterocycles. The maximum atomic E-state index is 12.8. The van der Waals surface area contributed by atoms with Gasteiger partial charge in [-0.15, -0.1) is 0 Å². The Labute approximate surface area is 156 Å². The van der Waals surface area contributed by atoms with Crippen LogP contribution in [0, 0.1) is 19.8 Å². The number of aryl methyl sites for hydroxylation is 2. The van der Waals surface area contributed by atoms with E-state index < -0.39 is 0 Å². The molecule has 0 radical (unpaired) electrons. The van der Waals surface area contributed by atoms with Gasteiger partial charge < -0.3 is 4.90 Å². The molecule has 3 aromatic heterocycles. The van der Waals surface area contributed by atoms with Crippen LogP contribution in [0.2, 0.25) is 0 Å². The number of piperidine rings is 1. The lowest BCUT2D eigenvalue weighted by Gasteiger charge is -2.32. The highest BCUT2D eigenvalue weighted by Gasteiger charge is 2.24. The molecular weight excluding hydrogens is 344 g/mol. The third kappa shape index (κ3) is 3.51. The third-order valence-electron chi connectivity index (χ3n) is 5.50. The van der Waals surface area contributed by atoms with Crippen LogP contribution in [-0.4, -0.2) is 48.3 Å². The second-order valence-corrected chi connectivity index (χ2v) is 7.30. The van der Waals surface area contributed by atoms with Crippen LogP contribution in [0.5, 0.6) is 0 Å². The van der Waals surface area contributed by atoms with Gasteiger partial charge in [0, 0.05) is 55.0 Å². The van der Waals surface area contributed by atoms with Crippen LogP contribution in [-0.2, 0) is 17.8 Å². The van der Waals surface area contributed by atoms with E-state index in [4.69, 9.17) is 0 Å². The number of carbonyl (C=O) groups is 1. The minimum absolute atomic E-state index is 0.120. The molecule has 27 heavy (non-hydrogen) atoms. The van der Waals surface area contributed by atoms with E-state index in [1.165, 1.54) is 6.07 Å². The number of aromatic amines is 1. The molecule has 1 fully saturated rings. The summed E-state index contributed by atoms with van der Waals surface area (Å²) in [5.41, 5.74) is 2.95. The zero-order valence-corrected chi connectivity index (χ0v) is 15.7. The summed E-state index contributed by atoms with van der Waals surface area (Å²) in [7, 11) is 0. The summed E-state index contributed by atoms with van der Waals surface area (Å²) in [4.78, 5) is 30.8. The Morgan fingerprint density at radius 3 is 2.78 bits per heavy atom. The van der Waals surface area contributed by atoms with Crippen LogP contribution in [0.4, 0.5) is 0 Å². The van der Waals surface area contributed by atoms with E-state index >= 15 is 0 Å². The zero-order chi connectivity index (χ0) is 19.0. The van der Waals surface area contributed by atoms with E-state index in [-0.39, 0.29) is 11.5 Å². The van der Waals surface area contributed by atoms with E-state index in [9.17, 15) is 9.59 Å². The number of amides is 1. The Hall–Kier alpha value is -2.90. The molecule has 0 spiro atoms. The molecule has 0 aliphatic carbocycles. The van der Waals surface area contributed by atoms with Gasteiger partial charge in [0.15, 0.2) is 5.65 Å². The van der Waals surface area contributed by atoms with Crippen LogP contribution in [0.3, 0.4) is 0 Å². The van der Waals surface area contributed by atoms with E-state index in [0.29, 0.717) is 18.0 Å². The lowest BCUT2D eigenvalue weighted by molar-refractivity contribution is -0.131. The zero-order valence-electron chi connectivity index (χ0n) is 15.7. The predicted octanol–water partition coefficient (Wildman–Crippen LogP) is 1.32. The first-order valence-corrected chi connectivity index (χ1v) is 9.34. The molecule has 8 nitrogen and oxygen atoms in total. The van der Waals surface area contributed by atoms with Gasteiger partial charge in [-0.1, -0.05) is 0 Å². The summed E-state index contributed by atoms with van der Waals surface area (Å²) >= 11 is 0. The fourth-order valence-electron chi connectivity index (χ4n) is 3.91. The molecule has 4 rings (SSSR count). The Morgan fingerprint density at radius 1 is 1.30 bits per heavy atom. The second kappa shape index (κ2) is 7.02. The van der Waals surface area contributed by atoms with Crippen molar-refractivity contribution in [2.45, 2.75) is 39.7 Å². The SMILES string of the molecule is Cc1nc2cc(=O)[nH]n2c(C)c1CC(=O)N1CCC(Cn2cccn2)CC1. The monoisotopic (exact) mass is 368 g/mol. The van der Waals surface area contributed by atoms with Crippen molar-refractivity contribution in [2.75, 3.05) is 13.1 Å². The number of likely N-dealkylation sites (tertiary alicyclic amines) is 1. The van der Waals surface area contributed by atoms with Gasteiger partial charge >= 0.3 is 0 Å². The number of H-pyrrole nitrogens is 1. The molecule has 0 aromatic carbocycles. The molecule has 142 valence electrons. The van der Waals surface area contributed by atoms with Gasteiger partial charge in [0.2, 0.25) is 5.91 Å². The fourth-order valence-corrected chi connectivity index (χ4v) is 3.91. The van der Waals surface area contributed by atoms with Crippen molar-refractivity contribution in [1.82, 2.24) is 29.3 Å². The summed E-state index contributed by atoms with van der Waals surface area (Å²) in [6.07, 6.45) is 6.08. The van der Waals surface area contributed by atoms with Crippen molar-refractivity contribution in [3.05, 3.63) is 51.8 Å². The first-order valence-electron chi connectivity index (χ1n) is 9.34. The number of carbonyl (C=O) groups excluding carboxylic acids is 1. The predicted molar refractivity (Wildman–Crippen MR) is 101 cm³/mol. The Morgan fingerprint density at radius 2 is 2.07 bits per heavy atom. The number of nitrogens with one attached hydrogen (secondary N) is 1. The van der Waals surface area contributed by atoms with E-state index in [0.717, 1.165) is 49.4 Å². The first-order chi connectivity index (χ1) is 13.0.